The van der Waals surface area contributed by atoms with Gasteiger partial charge in [0.25, 0.3) is 0 Å². The average molecular weight is 324 g/mol. The first-order chi connectivity index (χ1) is 10.2. The van der Waals surface area contributed by atoms with Crippen LogP contribution >= 0.6 is 0 Å². The summed E-state index contributed by atoms with van der Waals surface area (Å²) >= 11 is 0. The van der Waals surface area contributed by atoms with Crippen molar-refractivity contribution in [2.75, 3.05) is 13.7 Å². The Morgan fingerprint density at radius 2 is 2.05 bits per heavy atom. The standard InChI is InChI=1S/C11H11F3N2O6/c1-3-21-9(17)4-6-7(22-11(12,13)14)5-8(20-2)10(15-6)16(18)19/h5H,3-4H2,1-2H3. The Balaban J connectivity index is 3.31. The van der Waals surface area contributed by atoms with Crippen LogP contribution in [-0.4, -0.2) is 36.0 Å². The van der Waals surface area contributed by atoms with Gasteiger partial charge in [0.05, 0.1) is 13.7 Å². The number of aromatic nitrogens is 1. The summed E-state index contributed by atoms with van der Waals surface area (Å²) in [5.74, 6) is -3.14. The van der Waals surface area contributed by atoms with Crippen LogP contribution in [0.25, 0.3) is 0 Å². The van der Waals surface area contributed by atoms with Crippen molar-refractivity contribution >= 4 is 11.8 Å². The quantitative estimate of drug-likeness (QED) is 0.448. The number of halogens is 3. The summed E-state index contributed by atoms with van der Waals surface area (Å²) in [7, 11) is 1.02. The number of hydrogen-bond acceptors (Lipinski definition) is 7. The maximum atomic E-state index is 12.4. The van der Waals surface area contributed by atoms with Gasteiger partial charge in [-0.3, -0.25) is 4.79 Å². The lowest BCUT2D eigenvalue weighted by molar-refractivity contribution is -0.390. The maximum absolute atomic E-state index is 12.4. The number of rotatable bonds is 6. The number of methoxy groups -OCH3 is 1. The van der Waals surface area contributed by atoms with Gasteiger partial charge in [0, 0.05) is 6.07 Å². The van der Waals surface area contributed by atoms with E-state index >= 15 is 0 Å². The Morgan fingerprint density at radius 3 is 2.50 bits per heavy atom. The fraction of sp³-hybridized carbons (Fsp3) is 0.455. The second-order valence-corrected chi connectivity index (χ2v) is 3.75. The first-order valence-electron chi connectivity index (χ1n) is 5.81. The first-order valence-corrected chi connectivity index (χ1v) is 5.81. The second-order valence-electron chi connectivity index (χ2n) is 3.75. The summed E-state index contributed by atoms with van der Waals surface area (Å²) in [6.45, 7) is 1.49. The topological polar surface area (TPSA) is 101 Å². The van der Waals surface area contributed by atoms with Crippen molar-refractivity contribution in [2.45, 2.75) is 19.7 Å². The van der Waals surface area contributed by atoms with Crippen molar-refractivity contribution in [3.05, 3.63) is 21.9 Å². The van der Waals surface area contributed by atoms with E-state index in [0.29, 0.717) is 6.07 Å². The fourth-order valence-electron chi connectivity index (χ4n) is 1.47. The minimum atomic E-state index is -5.06. The van der Waals surface area contributed by atoms with E-state index in [2.05, 4.69) is 19.2 Å². The summed E-state index contributed by atoms with van der Waals surface area (Å²) in [5.41, 5.74) is -0.580. The van der Waals surface area contributed by atoms with Crippen molar-refractivity contribution in [1.29, 1.82) is 0 Å². The van der Waals surface area contributed by atoms with Crippen molar-refractivity contribution < 1.29 is 37.1 Å². The van der Waals surface area contributed by atoms with E-state index in [4.69, 9.17) is 0 Å². The van der Waals surface area contributed by atoms with Crippen LogP contribution in [0.5, 0.6) is 11.5 Å². The first kappa shape index (κ1) is 17.5. The van der Waals surface area contributed by atoms with Crippen molar-refractivity contribution in [2.24, 2.45) is 0 Å². The third-order valence-electron chi connectivity index (χ3n) is 2.24. The molecule has 0 unspecified atom stereocenters. The summed E-state index contributed by atoms with van der Waals surface area (Å²) in [5, 5.41) is 10.8. The molecule has 0 fully saturated rings. The number of hydrogen-bond donors (Lipinski definition) is 0. The monoisotopic (exact) mass is 324 g/mol. The van der Waals surface area contributed by atoms with Crippen LogP contribution in [0.3, 0.4) is 0 Å². The van der Waals surface area contributed by atoms with Crippen LogP contribution in [0, 0.1) is 10.1 Å². The molecule has 122 valence electrons. The van der Waals surface area contributed by atoms with E-state index in [1.54, 1.807) is 0 Å². The molecule has 1 aromatic rings. The van der Waals surface area contributed by atoms with Gasteiger partial charge in [-0.15, -0.1) is 13.2 Å². The molecule has 1 heterocycles. The maximum Gasteiger partial charge on any atom is 0.573 e. The highest BCUT2D eigenvalue weighted by molar-refractivity contribution is 5.73. The van der Waals surface area contributed by atoms with Gasteiger partial charge < -0.3 is 24.3 Å². The van der Waals surface area contributed by atoms with Crippen LogP contribution in [-0.2, 0) is 16.0 Å². The summed E-state index contributed by atoms with van der Waals surface area (Å²) in [6, 6.07) is 0.646. The van der Waals surface area contributed by atoms with Gasteiger partial charge in [0.1, 0.15) is 6.42 Å². The minimum absolute atomic E-state index is 0.00740. The lowest BCUT2D eigenvalue weighted by Crippen LogP contribution is -2.20. The molecular weight excluding hydrogens is 313 g/mol. The Morgan fingerprint density at radius 1 is 1.41 bits per heavy atom. The van der Waals surface area contributed by atoms with Gasteiger partial charge >= 0.3 is 18.1 Å². The zero-order valence-electron chi connectivity index (χ0n) is 11.5. The molecule has 22 heavy (non-hydrogen) atoms. The molecular formula is C11H11F3N2O6. The molecule has 0 saturated carbocycles. The Kier molecular flexibility index (Phi) is 5.49. The molecule has 0 aliphatic carbocycles. The van der Waals surface area contributed by atoms with Crippen molar-refractivity contribution in [3.8, 4) is 11.5 Å². The number of ether oxygens (including phenoxy) is 3. The predicted octanol–water partition coefficient (Wildman–Crippen LogP) is 2.00. The van der Waals surface area contributed by atoms with Crippen molar-refractivity contribution in [1.82, 2.24) is 4.98 Å². The normalized spacial score (nSPS) is 11.0. The van der Waals surface area contributed by atoms with E-state index in [1.807, 2.05) is 0 Å². The number of pyridine rings is 1. The number of carbonyl (C=O) groups is 1. The predicted molar refractivity (Wildman–Crippen MR) is 64.5 cm³/mol. The third-order valence-corrected chi connectivity index (χ3v) is 2.24. The fourth-order valence-corrected chi connectivity index (χ4v) is 1.47. The molecule has 1 aromatic heterocycles. The Bertz CT molecular complexity index is 576. The lowest BCUT2D eigenvalue weighted by atomic mass is 10.2. The molecule has 0 atom stereocenters. The number of alkyl halides is 3. The van der Waals surface area contributed by atoms with E-state index in [9.17, 15) is 28.1 Å². The molecule has 0 aliphatic rings. The molecule has 8 nitrogen and oxygen atoms in total. The van der Waals surface area contributed by atoms with Crippen LogP contribution < -0.4 is 9.47 Å². The molecule has 0 amide bonds. The van der Waals surface area contributed by atoms with Gasteiger partial charge in [0.15, 0.2) is 5.75 Å². The van der Waals surface area contributed by atoms with E-state index in [-0.39, 0.29) is 6.61 Å². The average Bonchev–Trinajstić information content (AvgIpc) is 2.38. The van der Waals surface area contributed by atoms with Crippen LogP contribution in [0.4, 0.5) is 19.0 Å². The van der Waals surface area contributed by atoms with Crippen LogP contribution in [0.15, 0.2) is 6.07 Å². The molecule has 0 radical (unpaired) electrons. The molecule has 0 bridgehead atoms. The van der Waals surface area contributed by atoms with Gasteiger partial charge in [0.2, 0.25) is 11.4 Å². The molecule has 0 saturated heterocycles. The smallest absolute Gasteiger partial charge is 0.489 e. The van der Waals surface area contributed by atoms with E-state index in [1.165, 1.54) is 6.92 Å². The number of esters is 1. The highest BCUT2D eigenvalue weighted by atomic mass is 19.4. The zero-order valence-corrected chi connectivity index (χ0v) is 11.5. The van der Waals surface area contributed by atoms with Gasteiger partial charge in [-0.05, 0) is 16.8 Å². The Labute approximate surface area is 121 Å². The summed E-state index contributed by atoms with van der Waals surface area (Å²) in [4.78, 5) is 24.6. The largest absolute Gasteiger partial charge is 0.573 e. The lowest BCUT2D eigenvalue weighted by Gasteiger charge is -2.11. The van der Waals surface area contributed by atoms with Gasteiger partial charge in [-0.25, -0.2) is 0 Å². The van der Waals surface area contributed by atoms with Crippen LogP contribution in [0.1, 0.15) is 12.6 Å². The van der Waals surface area contributed by atoms with E-state index < -0.39 is 46.7 Å². The number of carbonyl (C=O) groups excluding carboxylic acids is 1. The molecule has 0 aromatic carbocycles. The molecule has 0 spiro atoms. The molecule has 1 rings (SSSR count). The third kappa shape index (κ3) is 4.75. The number of nitrogens with zero attached hydrogens (tertiary/aromatic N) is 2. The van der Waals surface area contributed by atoms with Gasteiger partial charge in [-0.1, -0.05) is 0 Å². The highest BCUT2D eigenvalue weighted by Crippen LogP contribution is 2.34. The Hall–Kier alpha value is -2.59. The van der Waals surface area contributed by atoms with Crippen molar-refractivity contribution in [3.63, 3.8) is 0 Å². The second kappa shape index (κ2) is 6.91. The minimum Gasteiger partial charge on any atom is -0.489 e. The summed E-state index contributed by atoms with van der Waals surface area (Å²) < 4.78 is 50.0. The molecule has 0 N–H and O–H groups in total. The van der Waals surface area contributed by atoms with Crippen LogP contribution in [0.2, 0.25) is 0 Å². The number of nitro groups is 1. The highest BCUT2D eigenvalue weighted by Gasteiger charge is 2.36. The SMILES string of the molecule is CCOC(=O)Cc1nc([N+](=O)[O-])c(OC)cc1OC(F)(F)F. The molecule has 11 heteroatoms. The molecule has 0 aliphatic heterocycles. The van der Waals surface area contributed by atoms with Gasteiger partial charge in [-0.2, -0.15) is 0 Å². The zero-order chi connectivity index (χ0) is 16.9. The summed E-state index contributed by atoms with van der Waals surface area (Å²) in [6.07, 6.45) is -5.78. The van der Waals surface area contributed by atoms with E-state index in [0.717, 1.165) is 7.11 Å².